The summed E-state index contributed by atoms with van der Waals surface area (Å²) >= 11 is 5.79. The molecule has 1 atom stereocenters. The molecular formula is C7H11ClN2. The lowest BCUT2D eigenvalue weighted by molar-refractivity contribution is 0.387. The van der Waals surface area contributed by atoms with Crippen LogP contribution in [0.2, 0.25) is 0 Å². The molecule has 1 rings (SSSR count). The standard InChI is InChI=1S/C7H11ClN2/c1-5-4-9-7(8)6(2)10(5)3/h4,6H,1-3H3. The van der Waals surface area contributed by atoms with Gasteiger partial charge in [0, 0.05) is 18.9 Å². The first-order chi connectivity index (χ1) is 4.63. The highest BCUT2D eigenvalue weighted by Gasteiger charge is 2.16. The highest BCUT2D eigenvalue weighted by atomic mass is 35.5. The summed E-state index contributed by atoms with van der Waals surface area (Å²) in [5, 5.41) is 0.660. The van der Waals surface area contributed by atoms with Gasteiger partial charge in [-0.1, -0.05) is 11.6 Å². The predicted molar refractivity (Wildman–Crippen MR) is 44.3 cm³/mol. The Morgan fingerprint density at radius 1 is 1.70 bits per heavy atom. The van der Waals surface area contributed by atoms with E-state index < -0.39 is 0 Å². The van der Waals surface area contributed by atoms with Gasteiger partial charge in [-0.2, -0.15) is 0 Å². The van der Waals surface area contributed by atoms with Crippen LogP contribution in [0.25, 0.3) is 0 Å². The largest absolute Gasteiger partial charge is 0.368 e. The molecule has 56 valence electrons. The Morgan fingerprint density at radius 2 is 2.30 bits per heavy atom. The second kappa shape index (κ2) is 2.62. The topological polar surface area (TPSA) is 15.6 Å². The molecule has 3 heteroatoms. The van der Waals surface area contributed by atoms with Gasteiger partial charge in [0.15, 0.2) is 0 Å². The molecule has 0 radical (unpaired) electrons. The van der Waals surface area contributed by atoms with Crippen molar-refractivity contribution in [1.29, 1.82) is 0 Å². The Balaban J connectivity index is 2.86. The van der Waals surface area contributed by atoms with Crippen LogP contribution >= 0.6 is 11.6 Å². The first-order valence-electron chi connectivity index (χ1n) is 3.25. The molecule has 0 fully saturated rings. The van der Waals surface area contributed by atoms with Crippen LogP contribution in [0, 0.1) is 0 Å². The average Bonchev–Trinajstić information content (AvgIpc) is 1.93. The van der Waals surface area contributed by atoms with Crippen LogP contribution in [0.5, 0.6) is 0 Å². The first-order valence-corrected chi connectivity index (χ1v) is 3.63. The highest BCUT2D eigenvalue weighted by molar-refractivity contribution is 6.66. The number of rotatable bonds is 0. The van der Waals surface area contributed by atoms with Gasteiger partial charge in [-0.05, 0) is 13.8 Å². The molecule has 0 N–H and O–H groups in total. The Morgan fingerprint density at radius 3 is 2.80 bits per heavy atom. The van der Waals surface area contributed by atoms with Crippen molar-refractivity contribution in [2.45, 2.75) is 19.9 Å². The third-order valence-corrected chi connectivity index (χ3v) is 2.27. The number of hydrogen-bond donors (Lipinski definition) is 0. The minimum atomic E-state index is 0.228. The van der Waals surface area contributed by atoms with Gasteiger partial charge in [-0.3, -0.25) is 0 Å². The summed E-state index contributed by atoms with van der Waals surface area (Å²) in [6.07, 6.45) is 1.78. The van der Waals surface area contributed by atoms with E-state index in [-0.39, 0.29) is 6.04 Å². The van der Waals surface area contributed by atoms with E-state index in [2.05, 4.69) is 9.89 Å². The molecular weight excluding hydrogens is 148 g/mol. The number of halogens is 1. The van der Waals surface area contributed by atoms with Gasteiger partial charge >= 0.3 is 0 Å². The number of allylic oxidation sites excluding steroid dienone is 1. The maximum atomic E-state index is 5.79. The quantitative estimate of drug-likeness (QED) is 0.525. The van der Waals surface area contributed by atoms with Crippen molar-refractivity contribution in [2.75, 3.05) is 7.05 Å². The van der Waals surface area contributed by atoms with Crippen molar-refractivity contribution < 1.29 is 0 Å². The van der Waals surface area contributed by atoms with Crippen LogP contribution in [0.3, 0.4) is 0 Å². The monoisotopic (exact) mass is 158 g/mol. The van der Waals surface area contributed by atoms with Crippen LogP contribution in [0.1, 0.15) is 13.8 Å². The van der Waals surface area contributed by atoms with Crippen LogP contribution in [-0.2, 0) is 0 Å². The number of hydrogen-bond acceptors (Lipinski definition) is 2. The van der Waals surface area contributed by atoms with E-state index in [1.165, 1.54) is 0 Å². The van der Waals surface area contributed by atoms with Gasteiger partial charge in [-0.25, -0.2) is 4.99 Å². The molecule has 10 heavy (non-hydrogen) atoms. The number of aliphatic imine (C=N–C) groups is 1. The van der Waals surface area contributed by atoms with Crippen LogP contribution < -0.4 is 0 Å². The molecule has 0 aliphatic carbocycles. The molecule has 0 aromatic carbocycles. The summed E-state index contributed by atoms with van der Waals surface area (Å²) in [6, 6.07) is 0.228. The summed E-state index contributed by atoms with van der Waals surface area (Å²) in [6.45, 7) is 4.05. The fourth-order valence-electron chi connectivity index (χ4n) is 0.819. The van der Waals surface area contributed by atoms with Gasteiger partial charge in [0.2, 0.25) is 0 Å². The highest BCUT2D eigenvalue weighted by Crippen LogP contribution is 2.14. The fourth-order valence-corrected chi connectivity index (χ4v) is 1.01. The van der Waals surface area contributed by atoms with Gasteiger partial charge < -0.3 is 4.90 Å². The third kappa shape index (κ3) is 1.16. The molecule has 1 aliphatic rings. The van der Waals surface area contributed by atoms with E-state index in [1.807, 2.05) is 20.9 Å². The fraction of sp³-hybridized carbons (Fsp3) is 0.571. The Hall–Kier alpha value is -0.500. The smallest absolute Gasteiger partial charge is 0.128 e. The lowest BCUT2D eigenvalue weighted by Gasteiger charge is -2.28. The molecule has 1 heterocycles. The van der Waals surface area contributed by atoms with Crippen molar-refractivity contribution in [2.24, 2.45) is 4.99 Å². The minimum Gasteiger partial charge on any atom is -0.368 e. The number of nitrogens with zero attached hydrogens (tertiary/aromatic N) is 2. The average molecular weight is 159 g/mol. The van der Waals surface area contributed by atoms with E-state index in [4.69, 9.17) is 11.6 Å². The second-order valence-corrected chi connectivity index (χ2v) is 2.90. The van der Waals surface area contributed by atoms with Gasteiger partial charge in [0.1, 0.15) is 5.17 Å². The summed E-state index contributed by atoms with van der Waals surface area (Å²) < 4.78 is 0. The molecule has 0 saturated heterocycles. The minimum absolute atomic E-state index is 0.228. The van der Waals surface area contributed by atoms with Gasteiger partial charge in [0.25, 0.3) is 0 Å². The molecule has 2 nitrogen and oxygen atoms in total. The second-order valence-electron chi connectivity index (χ2n) is 2.51. The molecule has 0 spiro atoms. The Bertz CT molecular complexity index is 174. The van der Waals surface area contributed by atoms with E-state index in [9.17, 15) is 0 Å². The molecule has 0 bridgehead atoms. The van der Waals surface area contributed by atoms with Gasteiger partial charge in [-0.15, -0.1) is 0 Å². The van der Waals surface area contributed by atoms with Crippen LogP contribution in [-0.4, -0.2) is 23.2 Å². The Kier molecular flexibility index (Phi) is 2.00. The zero-order chi connectivity index (χ0) is 7.72. The van der Waals surface area contributed by atoms with E-state index in [1.54, 1.807) is 6.20 Å². The van der Waals surface area contributed by atoms with Crippen molar-refractivity contribution in [1.82, 2.24) is 4.90 Å². The summed E-state index contributed by atoms with van der Waals surface area (Å²) in [5.41, 5.74) is 1.15. The third-order valence-electron chi connectivity index (χ3n) is 1.86. The summed E-state index contributed by atoms with van der Waals surface area (Å²) in [5.74, 6) is 0. The maximum Gasteiger partial charge on any atom is 0.128 e. The van der Waals surface area contributed by atoms with Crippen molar-refractivity contribution >= 4 is 16.8 Å². The first kappa shape index (κ1) is 7.61. The summed E-state index contributed by atoms with van der Waals surface area (Å²) in [7, 11) is 2.01. The maximum absolute atomic E-state index is 5.79. The lowest BCUT2D eigenvalue weighted by atomic mass is 10.2. The normalized spacial score (nSPS) is 26.0. The molecule has 0 aromatic rings. The molecule has 1 unspecified atom stereocenters. The van der Waals surface area contributed by atoms with Crippen molar-refractivity contribution in [3.8, 4) is 0 Å². The predicted octanol–water partition coefficient (Wildman–Crippen LogP) is 1.82. The van der Waals surface area contributed by atoms with E-state index in [0.29, 0.717) is 5.17 Å². The zero-order valence-corrected chi connectivity index (χ0v) is 7.18. The molecule has 1 aliphatic heterocycles. The van der Waals surface area contributed by atoms with Gasteiger partial charge in [0.05, 0.1) is 6.04 Å². The van der Waals surface area contributed by atoms with Crippen molar-refractivity contribution in [3.63, 3.8) is 0 Å². The van der Waals surface area contributed by atoms with E-state index >= 15 is 0 Å². The summed E-state index contributed by atoms with van der Waals surface area (Å²) in [4.78, 5) is 6.11. The zero-order valence-electron chi connectivity index (χ0n) is 6.43. The molecule has 0 saturated carbocycles. The lowest BCUT2D eigenvalue weighted by Crippen LogP contribution is -2.34. The van der Waals surface area contributed by atoms with Crippen molar-refractivity contribution in [3.05, 3.63) is 11.9 Å². The van der Waals surface area contributed by atoms with Crippen LogP contribution in [0.15, 0.2) is 16.9 Å². The SMILES string of the molecule is CC1=CN=C(Cl)C(C)N1C. The van der Waals surface area contributed by atoms with Crippen LogP contribution in [0.4, 0.5) is 0 Å². The van der Waals surface area contributed by atoms with E-state index in [0.717, 1.165) is 5.70 Å². The molecule has 0 amide bonds. The Labute approximate surface area is 66.2 Å². The molecule has 0 aromatic heterocycles.